The molecule has 1 heterocycles. The van der Waals surface area contributed by atoms with Crippen molar-refractivity contribution in [3.05, 3.63) is 35.4 Å². The average Bonchev–Trinajstić information content (AvgIpc) is 2.65. The van der Waals surface area contributed by atoms with Gasteiger partial charge in [-0.15, -0.1) is 0 Å². The third kappa shape index (κ3) is 2.92. The van der Waals surface area contributed by atoms with E-state index in [-0.39, 0.29) is 19.0 Å². The van der Waals surface area contributed by atoms with Crippen LogP contribution in [0.25, 0.3) is 0 Å². The lowest BCUT2D eigenvalue weighted by molar-refractivity contribution is -0.143. The third-order valence-corrected chi connectivity index (χ3v) is 3.08. The molecule has 0 aliphatic carbocycles. The normalized spacial score (nSPS) is 15.0. The molecule has 0 atom stereocenters. The van der Waals surface area contributed by atoms with Crippen molar-refractivity contribution in [1.29, 1.82) is 5.26 Å². The number of nitrogens with zero attached hydrogens (tertiary/aromatic N) is 3. The summed E-state index contributed by atoms with van der Waals surface area (Å²) < 4.78 is 0. The molecule has 0 N–H and O–H groups in total. The molecule has 6 heteroatoms. The van der Waals surface area contributed by atoms with Crippen LogP contribution in [0.3, 0.4) is 0 Å². The van der Waals surface area contributed by atoms with E-state index in [1.165, 1.54) is 0 Å². The summed E-state index contributed by atoms with van der Waals surface area (Å²) in [6.45, 7) is 3.94. The summed E-state index contributed by atoms with van der Waals surface area (Å²) in [6, 6.07) is 8.00. The maximum atomic E-state index is 12.2. The van der Waals surface area contributed by atoms with Gasteiger partial charge in [0.05, 0.1) is 18.2 Å². The number of benzene rings is 1. The molecule has 0 unspecified atom stereocenters. The highest BCUT2D eigenvalue weighted by molar-refractivity contribution is 6.44. The van der Waals surface area contributed by atoms with Crippen molar-refractivity contribution in [2.75, 3.05) is 6.54 Å². The van der Waals surface area contributed by atoms with Gasteiger partial charge in [0.15, 0.2) is 0 Å². The predicted octanol–water partition coefficient (Wildman–Crippen LogP) is 1.51. The van der Waals surface area contributed by atoms with Crippen molar-refractivity contribution in [1.82, 2.24) is 9.80 Å². The van der Waals surface area contributed by atoms with Crippen LogP contribution in [-0.4, -0.2) is 34.2 Å². The molecule has 6 nitrogen and oxygen atoms in total. The summed E-state index contributed by atoms with van der Waals surface area (Å²) in [6.07, 6.45) is 0. The number of carbonyl (C=O) groups excluding carboxylic acids is 3. The highest BCUT2D eigenvalue weighted by atomic mass is 16.2. The van der Waals surface area contributed by atoms with E-state index < -0.39 is 17.8 Å². The molecule has 0 spiro atoms. The third-order valence-electron chi connectivity index (χ3n) is 3.08. The fourth-order valence-corrected chi connectivity index (χ4v) is 2.14. The molecule has 1 fully saturated rings. The fourth-order valence-electron chi connectivity index (χ4n) is 2.14. The fraction of sp³-hybridized carbons (Fsp3) is 0.333. The Morgan fingerprint density at radius 2 is 1.81 bits per heavy atom. The summed E-state index contributed by atoms with van der Waals surface area (Å²) in [4.78, 5) is 37.8. The second-order valence-electron chi connectivity index (χ2n) is 5.30. The van der Waals surface area contributed by atoms with Gasteiger partial charge in [-0.2, -0.15) is 5.26 Å². The quantitative estimate of drug-likeness (QED) is 0.620. The molecule has 2 rings (SSSR count). The van der Waals surface area contributed by atoms with E-state index in [0.29, 0.717) is 11.1 Å². The van der Waals surface area contributed by atoms with Crippen LogP contribution in [0.2, 0.25) is 0 Å². The minimum atomic E-state index is -0.817. The predicted molar refractivity (Wildman–Crippen MR) is 73.7 cm³/mol. The lowest BCUT2D eigenvalue weighted by Crippen LogP contribution is -2.35. The Kier molecular flexibility index (Phi) is 4.03. The van der Waals surface area contributed by atoms with E-state index >= 15 is 0 Å². The number of urea groups is 1. The molecule has 1 aromatic rings. The van der Waals surface area contributed by atoms with Crippen molar-refractivity contribution in [2.45, 2.75) is 20.4 Å². The summed E-state index contributed by atoms with van der Waals surface area (Å²) in [5, 5.41) is 8.85. The zero-order chi connectivity index (χ0) is 15.6. The summed E-state index contributed by atoms with van der Waals surface area (Å²) in [5.41, 5.74) is 1.08. The smallest absolute Gasteiger partial charge is 0.263 e. The Bertz CT molecular complexity index is 646. The molecular formula is C15H15N3O3. The van der Waals surface area contributed by atoms with E-state index in [2.05, 4.69) is 0 Å². The number of rotatable bonds is 4. The molecule has 1 aromatic carbocycles. The highest BCUT2D eigenvalue weighted by Gasteiger charge is 2.44. The van der Waals surface area contributed by atoms with Gasteiger partial charge in [0.2, 0.25) is 0 Å². The Morgan fingerprint density at radius 3 is 2.43 bits per heavy atom. The van der Waals surface area contributed by atoms with Gasteiger partial charge in [-0.3, -0.25) is 19.4 Å². The van der Waals surface area contributed by atoms with Gasteiger partial charge in [0, 0.05) is 6.54 Å². The number of amides is 4. The van der Waals surface area contributed by atoms with E-state index in [1.54, 1.807) is 24.3 Å². The molecule has 4 amide bonds. The average molecular weight is 285 g/mol. The molecule has 1 aliphatic heterocycles. The van der Waals surface area contributed by atoms with Crippen LogP contribution in [0.15, 0.2) is 24.3 Å². The molecule has 0 bridgehead atoms. The topological polar surface area (TPSA) is 81.5 Å². The lowest BCUT2D eigenvalue weighted by atomic mass is 10.1. The van der Waals surface area contributed by atoms with Gasteiger partial charge < -0.3 is 0 Å². The molecule has 0 radical (unpaired) electrons. The van der Waals surface area contributed by atoms with Crippen molar-refractivity contribution in [2.24, 2.45) is 5.92 Å². The van der Waals surface area contributed by atoms with Gasteiger partial charge in [0.1, 0.15) is 0 Å². The second kappa shape index (κ2) is 5.75. The number of hydrogen-bond acceptors (Lipinski definition) is 4. The molecule has 108 valence electrons. The van der Waals surface area contributed by atoms with Crippen LogP contribution in [0.5, 0.6) is 0 Å². The van der Waals surface area contributed by atoms with Crippen LogP contribution >= 0.6 is 0 Å². The summed E-state index contributed by atoms with van der Waals surface area (Å²) >= 11 is 0. The van der Waals surface area contributed by atoms with Crippen LogP contribution in [0, 0.1) is 17.2 Å². The molecule has 1 aliphatic rings. The molecule has 21 heavy (non-hydrogen) atoms. The van der Waals surface area contributed by atoms with Gasteiger partial charge in [-0.25, -0.2) is 4.79 Å². The van der Waals surface area contributed by atoms with Crippen molar-refractivity contribution in [3.8, 4) is 6.07 Å². The van der Waals surface area contributed by atoms with Gasteiger partial charge in [-0.05, 0) is 23.6 Å². The monoisotopic (exact) mass is 285 g/mol. The Balaban J connectivity index is 2.20. The number of nitriles is 1. The largest absolute Gasteiger partial charge is 0.334 e. The minimum Gasteiger partial charge on any atom is -0.263 e. The first-order chi connectivity index (χ1) is 9.93. The summed E-state index contributed by atoms with van der Waals surface area (Å²) in [5.74, 6) is -1.51. The standard InChI is InChI=1S/C15H15N3O3/c1-10(2)8-17-13(19)14(20)18(15(17)21)9-12-5-3-4-11(6-12)7-16/h3-6,10H,8-9H2,1-2H3. The van der Waals surface area contributed by atoms with E-state index in [4.69, 9.17) is 5.26 Å². The van der Waals surface area contributed by atoms with E-state index in [0.717, 1.165) is 9.80 Å². The van der Waals surface area contributed by atoms with Gasteiger partial charge >= 0.3 is 17.8 Å². The van der Waals surface area contributed by atoms with Crippen molar-refractivity contribution < 1.29 is 14.4 Å². The zero-order valence-electron chi connectivity index (χ0n) is 11.9. The first-order valence-electron chi connectivity index (χ1n) is 6.60. The Hall–Kier alpha value is -2.68. The van der Waals surface area contributed by atoms with E-state index in [1.807, 2.05) is 19.9 Å². The molecular weight excluding hydrogens is 270 g/mol. The van der Waals surface area contributed by atoms with Crippen LogP contribution in [0.1, 0.15) is 25.0 Å². The Morgan fingerprint density at radius 1 is 1.14 bits per heavy atom. The molecule has 0 saturated carbocycles. The van der Waals surface area contributed by atoms with Gasteiger partial charge in [0.25, 0.3) is 0 Å². The van der Waals surface area contributed by atoms with Crippen molar-refractivity contribution >= 4 is 17.8 Å². The first-order valence-corrected chi connectivity index (χ1v) is 6.60. The molecule has 1 saturated heterocycles. The summed E-state index contributed by atoms with van der Waals surface area (Å²) in [7, 11) is 0. The van der Waals surface area contributed by atoms with Crippen LogP contribution in [0.4, 0.5) is 4.79 Å². The zero-order valence-corrected chi connectivity index (χ0v) is 11.9. The second-order valence-corrected chi connectivity index (χ2v) is 5.30. The number of carbonyl (C=O) groups is 3. The van der Waals surface area contributed by atoms with Crippen LogP contribution < -0.4 is 0 Å². The van der Waals surface area contributed by atoms with Gasteiger partial charge in [-0.1, -0.05) is 26.0 Å². The molecule has 0 aromatic heterocycles. The SMILES string of the molecule is CC(C)CN1C(=O)C(=O)N(Cc2cccc(C#N)c2)C1=O. The van der Waals surface area contributed by atoms with Crippen molar-refractivity contribution in [3.63, 3.8) is 0 Å². The van der Waals surface area contributed by atoms with Crippen LogP contribution in [-0.2, 0) is 16.1 Å². The Labute approximate surface area is 122 Å². The maximum Gasteiger partial charge on any atom is 0.334 e. The minimum absolute atomic E-state index is 0.00643. The highest BCUT2D eigenvalue weighted by Crippen LogP contribution is 2.17. The maximum absolute atomic E-state index is 12.2. The first kappa shape index (κ1) is 14.7. The van der Waals surface area contributed by atoms with E-state index in [9.17, 15) is 14.4 Å². The lowest BCUT2D eigenvalue weighted by Gasteiger charge is -2.17. The number of hydrogen-bond donors (Lipinski definition) is 0. The number of imide groups is 2.